The Kier molecular flexibility index (Phi) is 5.67. The summed E-state index contributed by atoms with van der Waals surface area (Å²) in [6.45, 7) is 3.90. The number of alkyl halides is 3. The summed E-state index contributed by atoms with van der Waals surface area (Å²) in [5.41, 5.74) is 0.303. The molecule has 0 aliphatic heterocycles. The normalized spacial score (nSPS) is 11.4. The van der Waals surface area contributed by atoms with Crippen LogP contribution in [-0.2, 0) is 6.18 Å². The fraction of sp³-hybridized carbons (Fsp3) is 0.200. The molecule has 146 valence electrons. The second-order valence-electron chi connectivity index (χ2n) is 6.29. The molecule has 1 heterocycles. The number of benzene rings is 2. The third kappa shape index (κ3) is 5.35. The minimum absolute atomic E-state index is 0.0881. The molecule has 0 bridgehead atoms. The average molecular weight is 388 g/mol. The quantitative estimate of drug-likeness (QED) is 0.561. The Morgan fingerprint density at radius 3 is 2.36 bits per heavy atom. The first-order valence-electron chi connectivity index (χ1n) is 8.61. The van der Waals surface area contributed by atoms with Crippen molar-refractivity contribution in [3.63, 3.8) is 0 Å². The highest BCUT2D eigenvalue weighted by molar-refractivity contribution is 5.60. The predicted octanol–water partition coefficient (Wildman–Crippen LogP) is 5.77. The van der Waals surface area contributed by atoms with Gasteiger partial charge in [0, 0.05) is 17.6 Å². The van der Waals surface area contributed by atoms with Crippen molar-refractivity contribution in [2.75, 3.05) is 10.6 Å². The van der Waals surface area contributed by atoms with E-state index in [-0.39, 0.29) is 17.7 Å². The van der Waals surface area contributed by atoms with Crippen LogP contribution in [-0.4, -0.2) is 16.1 Å². The van der Waals surface area contributed by atoms with E-state index >= 15 is 0 Å². The highest BCUT2D eigenvalue weighted by Crippen LogP contribution is 2.31. The fourth-order valence-electron chi connectivity index (χ4n) is 2.43. The van der Waals surface area contributed by atoms with Crippen molar-refractivity contribution in [1.82, 2.24) is 9.97 Å². The fourth-order valence-corrected chi connectivity index (χ4v) is 2.43. The predicted molar refractivity (Wildman–Crippen MR) is 102 cm³/mol. The van der Waals surface area contributed by atoms with Crippen LogP contribution >= 0.6 is 0 Å². The molecule has 0 radical (unpaired) electrons. The number of anilines is 4. The largest absolute Gasteiger partial charge is 0.491 e. The Labute approximate surface area is 160 Å². The van der Waals surface area contributed by atoms with Crippen LogP contribution < -0.4 is 15.4 Å². The Bertz CT molecular complexity index is 927. The number of ether oxygens (including phenoxy) is 1. The average Bonchev–Trinajstić information content (AvgIpc) is 2.63. The summed E-state index contributed by atoms with van der Waals surface area (Å²) in [4.78, 5) is 8.33. The number of nitrogens with one attached hydrogen (secondary N) is 2. The first kappa shape index (κ1) is 19.5. The van der Waals surface area contributed by atoms with Crippen LogP contribution in [0.1, 0.15) is 19.4 Å². The van der Waals surface area contributed by atoms with Gasteiger partial charge in [-0.25, -0.2) is 4.98 Å². The summed E-state index contributed by atoms with van der Waals surface area (Å²) in [5.74, 6) is 1.45. The van der Waals surface area contributed by atoms with Crippen molar-refractivity contribution >= 4 is 23.1 Å². The lowest BCUT2D eigenvalue weighted by atomic mass is 10.2. The van der Waals surface area contributed by atoms with E-state index in [1.165, 1.54) is 18.3 Å². The molecule has 3 rings (SSSR count). The minimum atomic E-state index is -4.41. The molecule has 2 N–H and O–H groups in total. The van der Waals surface area contributed by atoms with Gasteiger partial charge in [0.05, 0.1) is 11.7 Å². The minimum Gasteiger partial charge on any atom is -0.491 e. The molecule has 0 saturated carbocycles. The molecule has 0 aliphatic carbocycles. The van der Waals surface area contributed by atoms with Gasteiger partial charge in [-0.3, -0.25) is 0 Å². The highest BCUT2D eigenvalue weighted by atomic mass is 19.4. The number of rotatable bonds is 6. The summed E-state index contributed by atoms with van der Waals surface area (Å²) in [6.07, 6.45) is -2.81. The lowest BCUT2D eigenvalue weighted by Gasteiger charge is -2.12. The molecule has 0 atom stereocenters. The highest BCUT2D eigenvalue weighted by Gasteiger charge is 2.30. The second-order valence-corrected chi connectivity index (χ2v) is 6.29. The first-order valence-corrected chi connectivity index (χ1v) is 8.61. The maximum absolute atomic E-state index is 12.8. The van der Waals surface area contributed by atoms with Crippen LogP contribution in [0.3, 0.4) is 0 Å². The number of aromatic nitrogens is 2. The molecule has 8 heteroatoms. The summed E-state index contributed by atoms with van der Waals surface area (Å²) >= 11 is 0. The van der Waals surface area contributed by atoms with E-state index in [0.717, 1.165) is 23.6 Å². The molecular weight excluding hydrogens is 369 g/mol. The summed E-state index contributed by atoms with van der Waals surface area (Å²) < 4.78 is 44.1. The number of hydrogen-bond donors (Lipinski definition) is 2. The van der Waals surface area contributed by atoms with Crippen molar-refractivity contribution in [3.8, 4) is 5.75 Å². The molecule has 0 saturated heterocycles. The Morgan fingerprint density at radius 2 is 1.68 bits per heavy atom. The van der Waals surface area contributed by atoms with E-state index in [1.807, 2.05) is 38.1 Å². The van der Waals surface area contributed by atoms with Crippen LogP contribution in [0.4, 0.5) is 36.3 Å². The van der Waals surface area contributed by atoms with Crippen LogP contribution in [0.15, 0.2) is 60.8 Å². The maximum atomic E-state index is 12.8. The van der Waals surface area contributed by atoms with Gasteiger partial charge in [0.2, 0.25) is 5.95 Å². The molecule has 3 aromatic rings. The van der Waals surface area contributed by atoms with E-state index in [1.54, 1.807) is 6.07 Å². The Balaban J connectivity index is 1.71. The molecule has 0 aliphatic rings. The lowest BCUT2D eigenvalue weighted by Crippen LogP contribution is -2.06. The van der Waals surface area contributed by atoms with Crippen molar-refractivity contribution in [1.29, 1.82) is 0 Å². The Hall–Kier alpha value is -3.29. The molecule has 0 amide bonds. The zero-order chi connectivity index (χ0) is 20.1. The number of hydrogen-bond acceptors (Lipinski definition) is 5. The topological polar surface area (TPSA) is 59.1 Å². The van der Waals surface area contributed by atoms with Gasteiger partial charge in [-0.2, -0.15) is 18.2 Å². The van der Waals surface area contributed by atoms with Gasteiger partial charge in [-0.15, -0.1) is 0 Å². The van der Waals surface area contributed by atoms with Gasteiger partial charge in [-0.05, 0) is 62.4 Å². The second kappa shape index (κ2) is 8.16. The number of nitrogens with zero attached hydrogens (tertiary/aromatic N) is 2. The van der Waals surface area contributed by atoms with Gasteiger partial charge >= 0.3 is 6.18 Å². The van der Waals surface area contributed by atoms with Crippen molar-refractivity contribution in [2.24, 2.45) is 0 Å². The number of halogens is 3. The van der Waals surface area contributed by atoms with E-state index in [4.69, 9.17) is 4.74 Å². The van der Waals surface area contributed by atoms with Gasteiger partial charge in [-0.1, -0.05) is 6.07 Å². The molecule has 5 nitrogen and oxygen atoms in total. The lowest BCUT2D eigenvalue weighted by molar-refractivity contribution is -0.137. The molecule has 0 unspecified atom stereocenters. The zero-order valence-corrected chi connectivity index (χ0v) is 15.3. The molecule has 1 aromatic heterocycles. The third-order valence-electron chi connectivity index (χ3n) is 3.60. The molecular formula is C20H19F3N4O. The van der Waals surface area contributed by atoms with Crippen LogP contribution in [0.2, 0.25) is 0 Å². The summed E-state index contributed by atoms with van der Waals surface area (Å²) in [6, 6.07) is 13.9. The zero-order valence-electron chi connectivity index (χ0n) is 15.3. The smallest absolute Gasteiger partial charge is 0.416 e. The SMILES string of the molecule is CC(C)Oc1ccc(Nc2ccnc(Nc3cccc(C(F)(F)F)c3)n2)cc1. The van der Waals surface area contributed by atoms with Crippen molar-refractivity contribution in [3.05, 3.63) is 66.4 Å². The van der Waals surface area contributed by atoms with E-state index in [2.05, 4.69) is 20.6 Å². The maximum Gasteiger partial charge on any atom is 0.416 e. The van der Waals surface area contributed by atoms with Gasteiger partial charge in [0.1, 0.15) is 11.6 Å². The van der Waals surface area contributed by atoms with E-state index in [0.29, 0.717) is 5.82 Å². The third-order valence-corrected chi connectivity index (χ3v) is 3.60. The molecule has 2 aromatic carbocycles. The van der Waals surface area contributed by atoms with E-state index < -0.39 is 11.7 Å². The van der Waals surface area contributed by atoms with Crippen molar-refractivity contribution in [2.45, 2.75) is 26.1 Å². The monoisotopic (exact) mass is 388 g/mol. The molecule has 0 spiro atoms. The van der Waals surface area contributed by atoms with Crippen LogP contribution in [0, 0.1) is 0 Å². The van der Waals surface area contributed by atoms with E-state index in [9.17, 15) is 13.2 Å². The molecule has 0 fully saturated rings. The van der Waals surface area contributed by atoms with Crippen molar-refractivity contribution < 1.29 is 17.9 Å². The van der Waals surface area contributed by atoms with Gasteiger partial charge < -0.3 is 15.4 Å². The molecule has 28 heavy (non-hydrogen) atoms. The summed E-state index contributed by atoms with van der Waals surface area (Å²) in [7, 11) is 0. The standard InChI is InChI=1S/C20H19F3N4O/c1-13(2)28-17-8-6-15(7-9-17)25-18-10-11-24-19(27-18)26-16-5-3-4-14(12-16)20(21,22)23/h3-13H,1-2H3,(H2,24,25,26,27). The summed E-state index contributed by atoms with van der Waals surface area (Å²) in [5, 5.41) is 5.91. The van der Waals surface area contributed by atoms with Crippen LogP contribution in [0.5, 0.6) is 5.75 Å². The van der Waals surface area contributed by atoms with Crippen LogP contribution in [0.25, 0.3) is 0 Å². The first-order chi connectivity index (χ1) is 13.3. The Morgan fingerprint density at radius 1 is 0.929 bits per heavy atom. The van der Waals surface area contributed by atoms with Gasteiger partial charge in [0.15, 0.2) is 0 Å². The van der Waals surface area contributed by atoms with Gasteiger partial charge in [0.25, 0.3) is 0 Å².